The molecule has 0 unspecified atom stereocenters. The van der Waals surface area contributed by atoms with Gasteiger partial charge >= 0.3 is 0 Å². The molecule has 0 atom stereocenters. The molecule has 0 aliphatic heterocycles. The number of rotatable bonds is 5. The highest BCUT2D eigenvalue weighted by Gasteiger charge is 2.24. The molecule has 7 nitrogen and oxygen atoms in total. The highest BCUT2D eigenvalue weighted by atomic mass is 32.2. The Morgan fingerprint density at radius 1 is 1.26 bits per heavy atom. The van der Waals surface area contributed by atoms with Crippen molar-refractivity contribution in [2.24, 2.45) is 0 Å². The lowest BCUT2D eigenvalue weighted by atomic mass is 9.98. The molecule has 0 saturated heterocycles. The van der Waals surface area contributed by atoms with Crippen LogP contribution in [0.3, 0.4) is 0 Å². The molecule has 1 aliphatic carbocycles. The maximum Gasteiger partial charge on any atom is 0.264 e. The van der Waals surface area contributed by atoms with E-state index in [0.29, 0.717) is 5.88 Å². The molecule has 1 aliphatic rings. The van der Waals surface area contributed by atoms with Gasteiger partial charge in [0.15, 0.2) is 5.82 Å². The maximum atomic E-state index is 12.4. The van der Waals surface area contributed by atoms with Crippen molar-refractivity contribution in [1.29, 1.82) is 0 Å². The topological polar surface area (TPSA) is 94.3 Å². The van der Waals surface area contributed by atoms with Gasteiger partial charge in [-0.15, -0.1) is 0 Å². The predicted molar refractivity (Wildman–Crippen MR) is 84.0 cm³/mol. The fourth-order valence-electron chi connectivity index (χ4n) is 2.49. The minimum Gasteiger partial charge on any atom is -0.475 e. The van der Waals surface area contributed by atoms with Gasteiger partial charge in [0.1, 0.15) is 10.7 Å². The van der Waals surface area contributed by atoms with Gasteiger partial charge in [0, 0.05) is 18.1 Å². The molecule has 8 heteroatoms. The highest BCUT2D eigenvalue weighted by molar-refractivity contribution is 7.92. The number of ether oxygens (including phenoxy) is 1. The third-order valence-corrected chi connectivity index (χ3v) is 4.88. The molecular weight excluding hydrogens is 318 g/mol. The number of sulfonamides is 1. The zero-order chi connectivity index (χ0) is 16.4. The van der Waals surface area contributed by atoms with E-state index in [-0.39, 0.29) is 16.8 Å². The molecule has 23 heavy (non-hydrogen) atoms. The molecule has 3 rings (SSSR count). The molecule has 0 amide bonds. The number of anilines is 1. The molecule has 0 fully saturated rings. The van der Waals surface area contributed by atoms with E-state index in [2.05, 4.69) is 14.9 Å². The number of fused-ring (bicyclic) bond motifs is 1. The van der Waals surface area contributed by atoms with E-state index in [1.165, 1.54) is 18.3 Å². The van der Waals surface area contributed by atoms with E-state index in [0.717, 1.165) is 37.0 Å². The van der Waals surface area contributed by atoms with Gasteiger partial charge in [0.2, 0.25) is 5.88 Å². The second-order valence-corrected chi connectivity index (χ2v) is 7.43. The van der Waals surface area contributed by atoms with Gasteiger partial charge in [-0.3, -0.25) is 4.72 Å². The van der Waals surface area contributed by atoms with Crippen molar-refractivity contribution in [3.05, 3.63) is 29.7 Å². The summed E-state index contributed by atoms with van der Waals surface area (Å²) in [4.78, 5) is 4.07. The lowest BCUT2D eigenvalue weighted by Gasteiger charge is -2.11. The first-order chi connectivity index (χ1) is 11.0. The van der Waals surface area contributed by atoms with E-state index in [9.17, 15) is 8.42 Å². The smallest absolute Gasteiger partial charge is 0.264 e. The standard InChI is InChI=1S/C15H19N3O4S/c1-10(2)21-14-8-7-11(9-16-14)23(19,20)18-15-12-5-3-4-6-13(12)22-17-15/h7-10H,3-6H2,1-2H3,(H,17,18). The van der Waals surface area contributed by atoms with Crippen LogP contribution in [0, 0.1) is 0 Å². The molecule has 2 heterocycles. The summed E-state index contributed by atoms with van der Waals surface area (Å²) in [6.45, 7) is 3.75. The molecule has 1 N–H and O–H groups in total. The average molecular weight is 337 g/mol. The Balaban J connectivity index is 1.80. The zero-order valence-electron chi connectivity index (χ0n) is 13.1. The van der Waals surface area contributed by atoms with Crippen molar-refractivity contribution in [2.45, 2.75) is 50.5 Å². The Labute approximate surface area is 135 Å². The summed E-state index contributed by atoms with van der Waals surface area (Å²) in [5.41, 5.74) is 0.854. The first-order valence-electron chi connectivity index (χ1n) is 7.58. The highest BCUT2D eigenvalue weighted by Crippen LogP contribution is 2.29. The van der Waals surface area contributed by atoms with Gasteiger partial charge in [0.25, 0.3) is 10.0 Å². The summed E-state index contributed by atoms with van der Waals surface area (Å²) in [6, 6.07) is 2.99. The second-order valence-electron chi connectivity index (χ2n) is 5.74. The molecule has 2 aromatic rings. The fraction of sp³-hybridized carbons (Fsp3) is 0.467. The van der Waals surface area contributed by atoms with Crippen LogP contribution >= 0.6 is 0 Å². The van der Waals surface area contributed by atoms with Gasteiger partial charge < -0.3 is 9.26 Å². The SMILES string of the molecule is CC(C)Oc1ccc(S(=O)(=O)Nc2noc3c2CCCC3)cn1. The number of hydrogen-bond donors (Lipinski definition) is 1. The Morgan fingerprint density at radius 3 is 2.74 bits per heavy atom. The van der Waals surface area contributed by atoms with E-state index in [1.54, 1.807) is 0 Å². The summed E-state index contributed by atoms with van der Waals surface area (Å²) in [6.07, 6.45) is 4.86. The van der Waals surface area contributed by atoms with Crippen LogP contribution < -0.4 is 9.46 Å². The average Bonchev–Trinajstić information content (AvgIpc) is 2.90. The summed E-state index contributed by atoms with van der Waals surface area (Å²) in [5.74, 6) is 1.44. The molecule has 0 saturated carbocycles. The summed E-state index contributed by atoms with van der Waals surface area (Å²) < 4.78 is 38.0. The molecule has 0 bridgehead atoms. The quantitative estimate of drug-likeness (QED) is 0.901. The van der Waals surface area contributed by atoms with Crippen molar-refractivity contribution < 1.29 is 17.7 Å². The predicted octanol–water partition coefficient (Wildman–Crippen LogP) is 2.54. The van der Waals surface area contributed by atoms with Crippen molar-refractivity contribution in [1.82, 2.24) is 10.1 Å². The van der Waals surface area contributed by atoms with Crippen molar-refractivity contribution in [2.75, 3.05) is 4.72 Å². The van der Waals surface area contributed by atoms with E-state index < -0.39 is 10.0 Å². The van der Waals surface area contributed by atoms with Gasteiger partial charge in [-0.05, 0) is 39.2 Å². The Bertz CT molecular complexity index is 782. The van der Waals surface area contributed by atoms with Crippen LogP contribution in [-0.2, 0) is 22.9 Å². The Hall–Kier alpha value is -2.09. The van der Waals surface area contributed by atoms with Gasteiger partial charge in [-0.1, -0.05) is 5.16 Å². The maximum absolute atomic E-state index is 12.4. The lowest BCUT2D eigenvalue weighted by Crippen LogP contribution is -2.15. The van der Waals surface area contributed by atoms with E-state index in [4.69, 9.17) is 9.26 Å². The Morgan fingerprint density at radius 2 is 2.04 bits per heavy atom. The van der Waals surface area contributed by atoms with Crippen molar-refractivity contribution in [3.8, 4) is 5.88 Å². The third-order valence-electron chi connectivity index (χ3n) is 3.56. The molecule has 2 aromatic heterocycles. The summed E-state index contributed by atoms with van der Waals surface area (Å²) in [7, 11) is -3.75. The molecule has 124 valence electrons. The van der Waals surface area contributed by atoms with Crippen LogP contribution in [0.4, 0.5) is 5.82 Å². The van der Waals surface area contributed by atoms with Gasteiger partial charge in [0.05, 0.1) is 12.3 Å². The monoisotopic (exact) mass is 337 g/mol. The number of pyridine rings is 1. The second kappa shape index (κ2) is 6.19. The largest absolute Gasteiger partial charge is 0.475 e. The fourth-order valence-corrected chi connectivity index (χ4v) is 3.46. The number of aromatic nitrogens is 2. The summed E-state index contributed by atoms with van der Waals surface area (Å²) >= 11 is 0. The number of nitrogens with one attached hydrogen (secondary N) is 1. The normalized spacial score (nSPS) is 14.6. The zero-order valence-corrected chi connectivity index (χ0v) is 13.9. The number of hydrogen-bond acceptors (Lipinski definition) is 6. The van der Waals surface area contributed by atoms with Crippen LogP contribution in [0.25, 0.3) is 0 Å². The number of nitrogens with zero attached hydrogens (tertiary/aromatic N) is 2. The minimum absolute atomic E-state index is 0.0234. The van der Waals surface area contributed by atoms with Crippen LogP contribution in [0.1, 0.15) is 38.0 Å². The Kier molecular flexibility index (Phi) is 4.25. The molecular formula is C15H19N3O4S. The first kappa shape index (κ1) is 15.8. The molecule has 0 radical (unpaired) electrons. The van der Waals surface area contributed by atoms with Crippen LogP contribution in [0.5, 0.6) is 5.88 Å². The minimum atomic E-state index is -3.75. The van der Waals surface area contributed by atoms with Crippen LogP contribution in [-0.4, -0.2) is 24.7 Å². The molecule has 0 aromatic carbocycles. The van der Waals surface area contributed by atoms with E-state index >= 15 is 0 Å². The number of aryl methyl sites for hydroxylation is 1. The van der Waals surface area contributed by atoms with Gasteiger partial charge in [-0.25, -0.2) is 13.4 Å². The van der Waals surface area contributed by atoms with Gasteiger partial charge in [-0.2, -0.15) is 0 Å². The van der Waals surface area contributed by atoms with Crippen molar-refractivity contribution in [3.63, 3.8) is 0 Å². The van der Waals surface area contributed by atoms with Crippen LogP contribution in [0.15, 0.2) is 27.7 Å². The van der Waals surface area contributed by atoms with E-state index in [1.807, 2.05) is 13.8 Å². The van der Waals surface area contributed by atoms with Crippen LogP contribution in [0.2, 0.25) is 0 Å². The first-order valence-corrected chi connectivity index (χ1v) is 9.07. The summed E-state index contributed by atoms with van der Waals surface area (Å²) in [5, 5.41) is 3.86. The third kappa shape index (κ3) is 3.47. The van der Waals surface area contributed by atoms with Crippen molar-refractivity contribution >= 4 is 15.8 Å². The molecule has 0 spiro atoms. The lowest BCUT2D eigenvalue weighted by molar-refractivity contribution is 0.232.